The third-order valence-electron chi connectivity index (χ3n) is 3.75. The van der Waals surface area contributed by atoms with Gasteiger partial charge in [0.05, 0.1) is 0 Å². The standard InChI is InChI=1S/C15H20Cl2N2O/c1-11(13-4-3-12(16)10-14(13)17)2-5-15(20)19-8-6-18-7-9-19/h3-4,10-11,18H,2,5-9H2,1H3. The SMILES string of the molecule is CC(CCC(=O)N1CCNCC1)c1ccc(Cl)cc1Cl. The smallest absolute Gasteiger partial charge is 0.222 e. The van der Waals surface area contributed by atoms with E-state index in [1.54, 1.807) is 6.07 Å². The van der Waals surface area contributed by atoms with E-state index in [0.29, 0.717) is 16.5 Å². The Morgan fingerprint density at radius 3 is 2.70 bits per heavy atom. The van der Waals surface area contributed by atoms with Gasteiger partial charge in [-0.1, -0.05) is 36.2 Å². The third kappa shape index (κ3) is 4.11. The van der Waals surface area contributed by atoms with Gasteiger partial charge in [-0.2, -0.15) is 0 Å². The molecule has 0 aliphatic carbocycles. The van der Waals surface area contributed by atoms with Crippen molar-refractivity contribution in [1.82, 2.24) is 10.2 Å². The van der Waals surface area contributed by atoms with Crippen molar-refractivity contribution in [2.45, 2.75) is 25.7 Å². The number of hydrogen-bond acceptors (Lipinski definition) is 2. The molecule has 1 fully saturated rings. The average Bonchev–Trinajstić information content (AvgIpc) is 2.45. The Morgan fingerprint density at radius 1 is 1.35 bits per heavy atom. The number of benzene rings is 1. The molecule has 0 radical (unpaired) electrons. The van der Waals surface area contributed by atoms with Gasteiger partial charge in [0, 0.05) is 42.6 Å². The van der Waals surface area contributed by atoms with E-state index in [0.717, 1.165) is 38.2 Å². The van der Waals surface area contributed by atoms with Crippen LogP contribution in [0.4, 0.5) is 0 Å². The summed E-state index contributed by atoms with van der Waals surface area (Å²) in [5.74, 6) is 0.495. The van der Waals surface area contributed by atoms with Crippen molar-refractivity contribution < 1.29 is 4.79 Å². The fourth-order valence-corrected chi connectivity index (χ4v) is 3.06. The Labute approximate surface area is 130 Å². The highest BCUT2D eigenvalue weighted by molar-refractivity contribution is 6.35. The summed E-state index contributed by atoms with van der Waals surface area (Å²) in [6.45, 7) is 5.51. The maximum atomic E-state index is 12.1. The molecule has 1 aromatic carbocycles. The van der Waals surface area contributed by atoms with E-state index < -0.39 is 0 Å². The van der Waals surface area contributed by atoms with E-state index in [9.17, 15) is 4.79 Å². The van der Waals surface area contributed by atoms with Crippen LogP contribution in [0.1, 0.15) is 31.2 Å². The molecule has 1 saturated heterocycles. The van der Waals surface area contributed by atoms with Crippen LogP contribution >= 0.6 is 23.2 Å². The Hall–Kier alpha value is -0.770. The normalized spacial score (nSPS) is 17.1. The lowest BCUT2D eigenvalue weighted by Crippen LogP contribution is -2.46. The summed E-state index contributed by atoms with van der Waals surface area (Å²) in [7, 11) is 0. The predicted octanol–water partition coefficient (Wildman–Crippen LogP) is 3.31. The topological polar surface area (TPSA) is 32.3 Å². The molecule has 0 aromatic heterocycles. The lowest BCUT2D eigenvalue weighted by molar-refractivity contribution is -0.131. The molecule has 1 aromatic rings. The van der Waals surface area contributed by atoms with Crippen LogP contribution in [0.3, 0.4) is 0 Å². The van der Waals surface area contributed by atoms with Crippen LogP contribution in [0.2, 0.25) is 10.0 Å². The predicted molar refractivity (Wildman–Crippen MR) is 83.6 cm³/mol. The van der Waals surface area contributed by atoms with Crippen LogP contribution < -0.4 is 5.32 Å². The molecule has 1 amide bonds. The maximum absolute atomic E-state index is 12.1. The van der Waals surface area contributed by atoms with Gasteiger partial charge in [-0.15, -0.1) is 0 Å². The molecule has 2 rings (SSSR count). The van der Waals surface area contributed by atoms with Crippen molar-refractivity contribution in [2.24, 2.45) is 0 Å². The zero-order valence-electron chi connectivity index (χ0n) is 11.7. The van der Waals surface area contributed by atoms with Crippen molar-refractivity contribution in [2.75, 3.05) is 26.2 Å². The summed E-state index contributed by atoms with van der Waals surface area (Å²) in [6, 6.07) is 5.55. The first kappa shape index (κ1) is 15.6. The van der Waals surface area contributed by atoms with Crippen molar-refractivity contribution >= 4 is 29.1 Å². The molecule has 1 atom stereocenters. The van der Waals surface area contributed by atoms with Crippen LogP contribution in [0, 0.1) is 0 Å². The second-order valence-corrected chi connectivity index (χ2v) is 6.08. The average molecular weight is 315 g/mol. The molecule has 1 N–H and O–H groups in total. The molecule has 1 aliphatic heterocycles. The number of nitrogens with zero attached hydrogens (tertiary/aromatic N) is 1. The number of amides is 1. The molecule has 1 unspecified atom stereocenters. The molecule has 1 heterocycles. The number of carbonyl (C=O) groups excluding carboxylic acids is 1. The highest BCUT2D eigenvalue weighted by Crippen LogP contribution is 2.30. The van der Waals surface area contributed by atoms with E-state index in [4.69, 9.17) is 23.2 Å². The lowest BCUT2D eigenvalue weighted by atomic mass is 9.96. The van der Waals surface area contributed by atoms with Gasteiger partial charge >= 0.3 is 0 Å². The minimum atomic E-state index is 0.239. The summed E-state index contributed by atoms with van der Waals surface area (Å²) in [6.07, 6.45) is 1.38. The van der Waals surface area contributed by atoms with Crippen LogP contribution in [-0.2, 0) is 4.79 Å². The number of hydrogen-bond donors (Lipinski definition) is 1. The Kier molecular flexibility index (Phi) is 5.70. The molecule has 5 heteroatoms. The number of carbonyl (C=O) groups is 1. The third-order valence-corrected chi connectivity index (χ3v) is 4.32. The first-order valence-electron chi connectivity index (χ1n) is 7.01. The Balaban J connectivity index is 1.87. The molecular weight excluding hydrogens is 295 g/mol. The Morgan fingerprint density at radius 2 is 2.05 bits per heavy atom. The highest BCUT2D eigenvalue weighted by atomic mass is 35.5. The fourth-order valence-electron chi connectivity index (χ4n) is 2.47. The minimum Gasteiger partial charge on any atom is -0.340 e. The summed E-state index contributed by atoms with van der Waals surface area (Å²) >= 11 is 12.1. The molecule has 3 nitrogen and oxygen atoms in total. The lowest BCUT2D eigenvalue weighted by Gasteiger charge is -2.28. The number of nitrogens with one attached hydrogen (secondary N) is 1. The van der Waals surface area contributed by atoms with Gasteiger partial charge in [-0.05, 0) is 30.0 Å². The van der Waals surface area contributed by atoms with Crippen LogP contribution in [0.25, 0.3) is 0 Å². The van der Waals surface area contributed by atoms with Crippen molar-refractivity contribution in [3.63, 3.8) is 0 Å². The van der Waals surface area contributed by atoms with E-state index in [2.05, 4.69) is 12.2 Å². The highest BCUT2D eigenvalue weighted by Gasteiger charge is 2.18. The number of piperazine rings is 1. The summed E-state index contributed by atoms with van der Waals surface area (Å²) in [5.41, 5.74) is 1.06. The molecular formula is C15H20Cl2N2O. The van der Waals surface area contributed by atoms with E-state index >= 15 is 0 Å². The van der Waals surface area contributed by atoms with Gasteiger partial charge in [-0.25, -0.2) is 0 Å². The largest absolute Gasteiger partial charge is 0.340 e. The Bertz CT molecular complexity index is 473. The summed E-state index contributed by atoms with van der Waals surface area (Å²) < 4.78 is 0. The van der Waals surface area contributed by atoms with Gasteiger partial charge in [-0.3, -0.25) is 4.79 Å². The van der Waals surface area contributed by atoms with Gasteiger partial charge in [0.15, 0.2) is 0 Å². The summed E-state index contributed by atoms with van der Waals surface area (Å²) in [4.78, 5) is 14.1. The molecule has 1 aliphatic rings. The fraction of sp³-hybridized carbons (Fsp3) is 0.533. The molecule has 0 saturated carbocycles. The van der Waals surface area contributed by atoms with Gasteiger partial charge < -0.3 is 10.2 Å². The van der Waals surface area contributed by atoms with Crippen LogP contribution in [0.5, 0.6) is 0 Å². The van der Waals surface area contributed by atoms with Crippen molar-refractivity contribution in [3.05, 3.63) is 33.8 Å². The zero-order chi connectivity index (χ0) is 14.5. The quantitative estimate of drug-likeness (QED) is 0.924. The molecule has 110 valence electrons. The van der Waals surface area contributed by atoms with Gasteiger partial charge in [0.2, 0.25) is 5.91 Å². The van der Waals surface area contributed by atoms with Crippen LogP contribution in [-0.4, -0.2) is 37.0 Å². The van der Waals surface area contributed by atoms with Crippen molar-refractivity contribution in [1.29, 1.82) is 0 Å². The van der Waals surface area contributed by atoms with Crippen LogP contribution in [0.15, 0.2) is 18.2 Å². The zero-order valence-corrected chi connectivity index (χ0v) is 13.2. The summed E-state index contributed by atoms with van der Waals surface area (Å²) in [5, 5.41) is 4.57. The van der Waals surface area contributed by atoms with Gasteiger partial charge in [0.25, 0.3) is 0 Å². The molecule has 0 bridgehead atoms. The second-order valence-electron chi connectivity index (χ2n) is 5.24. The minimum absolute atomic E-state index is 0.239. The van der Waals surface area contributed by atoms with E-state index in [-0.39, 0.29) is 11.8 Å². The first-order valence-corrected chi connectivity index (χ1v) is 7.77. The number of halogens is 2. The second kappa shape index (κ2) is 7.30. The first-order chi connectivity index (χ1) is 9.58. The monoisotopic (exact) mass is 314 g/mol. The van der Waals surface area contributed by atoms with E-state index in [1.807, 2.05) is 17.0 Å². The van der Waals surface area contributed by atoms with E-state index in [1.165, 1.54) is 0 Å². The molecule has 20 heavy (non-hydrogen) atoms. The molecule has 0 spiro atoms. The van der Waals surface area contributed by atoms with Gasteiger partial charge in [0.1, 0.15) is 0 Å². The maximum Gasteiger partial charge on any atom is 0.222 e. The number of rotatable bonds is 4. The van der Waals surface area contributed by atoms with Crippen molar-refractivity contribution in [3.8, 4) is 0 Å².